The van der Waals surface area contributed by atoms with Crippen molar-refractivity contribution in [3.8, 4) is 11.5 Å². The van der Waals surface area contributed by atoms with Crippen LogP contribution in [0.3, 0.4) is 0 Å². The molecule has 0 aliphatic carbocycles. The summed E-state index contributed by atoms with van der Waals surface area (Å²) in [5.41, 5.74) is 0.639. The van der Waals surface area contributed by atoms with Crippen LogP contribution in [-0.4, -0.2) is 10.1 Å². The molecule has 0 radical (unpaired) electrons. The Labute approximate surface area is 98.4 Å². The normalized spacial score (nSPS) is 10.6. The number of benzene rings is 1. The lowest BCUT2D eigenvalue weighted by molar-refractivity contribution is 0.424. The van der Waals surface area contributed by atoms with E-state index in [9.17, 15) is 4.39 Å². The van der Waals surface area contributed by atoms with Gasteiger partial charge in [0.25, 0.3) is 5.89 Å². The number of rotatable bonds is 2. The molecule has 0 aliphatic heterocycles. The number of hydrogen-bond acceptors (Lipinski definition) is 3. The van der Waals surface area contributed by atoms with Gasteiger partial charge in [-0.1, -0.05) is 5.16 Å². The van der Waals surface area contributed by atoms with Crippen molar-refractivity contribution in [2.45, 2.75) is 5.88 Å². The predicted octanol–water partition coefficient (Wildman–Crippen LogP) is 3.38. The maximum Gasteiger partial charge on any atom is 0.259 e. The topological polar surface area (TPSA) is 38.9 Å². The lowest BCUT2D eigenvalue weighted by Crippen LogP contribution is -1.83. The molecule has 0 aliphatic rings. The lowest BCUT2D eigenvalue weighted by Gasteiger charge is -1.97. The van der Waals surface area contributed by atoms with Crippen LogP contribution in [-0.2, 0) is 5.88 Å². The molecule has 0 atom stereocenters. The van der Waals surface area contributed by atoms with Crippen LogP contribution in [0.1, 0.15) is 5.82 Å². The van der Waals surface area contributed by atoms with E-state index in [1.807, 2.05) is 0 Å². The summed E-state index contributed by atoms with van der Waals surface area (Å²) >= 11 is 8.75. The van der Waals surface area contributed by atoms with Crippen molar-refractivity contribution in [2.24, 2.45) is 0 Å². The average Bonchev–Trinajstić information content (AvgIpc) is 2.66. The van der Waals surface area contributed by atoms with Gasteiger partial charge in [-0.05, 0) is 34.1 Å². The Hall–Kier alpha value is -0.940. The summed E-state index contributed by atoms with van der Waals surface area (Å²) in [6, 6.07) is 4.22. The molecule has 0 N–H and O–H groups in total. The van der Waals surface area contributed by atoms with Crippen LogP contribution in [0, 0.1) is 5.82 Å². The second kappa shape index (κ2) is 4.28. The van der Waals surface area contributed by atoms with Crippen molar-refractivity contribution in [3.63, 3.8) is 0 Å². The van der Waals surface area contributed by atoms with Gasteiger partial charge in [0.05, 0.1) is 11.4 Å². The molecule has 78 valence electrons. The van der Waals surface area contributed by atoms with Gasteiger partial charge in [0.2, 0.25) is 0 Å². The monoisotopic (exact) mass is 290 g/mol. The van der Waals surface area contributed by atoms with Gasteiger partial charge in [-0.2, -0.15) is 4.98 Å². The highest BCUT2D eigenvalue weighted by Gasteiger charge is 2.11. The van der Waals surface area contributed by atoms with E-state index in [1.165, 1.54) is 12.1 Å². The highest BCUT2D eigenvalue weighted by Crippen LogP contribution is 2.27. The van der Waals surface area contributed by atoms with Gasteiger partial charge in [0, 0.05) is 4.47 Å². The van der Waals surface area contributed by atoms with Crippen LogP contribution < -0.4 is 0 Å². The predicted molar refractivity (Wildman–Crippen MR) is 56.9 cm³/mol. The smallest absolute Gasteiger partial charge is 0.259 e. The first-order chi connectivity index (χ1) is 7.20. The number of hydrogen-bond donors (Lipinski definition) is 0. The summed E-state index contributed by atoms with van der Waals surface area (Å²) in [4.78, 5) is 4.03. The summed E-state index contributed by atoms with van der Waals surface area (Å²) in [5, 5.41) is 3.64. The molecule has 0 saturated carbocycles. The van der Waals surface area contributed by atoms with Gasteiger partial charge < -0.3 is 4.52 Å². The fraction of sp³-hybridized carbons (Fsp3) is 0.111. The fourth-order valence-electron chi connectivity index (χ4n) is 1.08. The summed E-state index contributed by atoms with van der Waals surface area (Å²) in [6.07, 6.45) is 0. The Kier molecular flexibility index (Phi) is 3.02. The van der Waals surface area contributed by atoms with Crippen LogP contribution in [0.15, 0.2) is 27.2 Å². The van der Waals surface area contributed by atoms with E-state index >= 15 is 0 Å². The Balaban J connectivity index is 2.44. The van der Waals surface area contributed by atoms with Crippen molar-refractivity contribution >= 4 is 27.5 Å². The van der Waals surface area contributed by atoms with Crippen LogP contribution in [0.4, 0.5) is 4.39 Å². The molecule has 3 nitrogen and oxygen atoms in total. The van der Waals surface area contributed by atoms with Gasteiger partial charge in [-0.25, -0.2) is 4.39 Å². The summed E-state index contributed by atoms with van der Waals surface area (Å²) in [7, 11) is 0. The number of halogens is 3. The zero-order valence-electron chi connectivity index (χ0n) is 7.38. The third kappa shape index (κ3) is 2.18. The molecule has 15 heavy (non-hydrogen) atoms. The minimum absolute atomic E-state index is 0.183. The first-order valence-corrected chi connectivity index (χ1v) is 5.37. The summed E-state index contributed by atoms with van der Waals surface area (Å²) in [6.45, 7) is 0. The standard InChI is InChI=1S/C9H5BrClFN2O/c10-7-3-5(12)1-2-6(7)9-13-8(4-11)14-15-9/h1-3H,4H2. The Morgan fingerprint density at radius 1 is 1.47 bits per heavy atom. The third-order valence-electron chi connectivity index (χ3n) is 1.75. The van der Waals surface area contributed by atoms with E-state index < -0.39 is 0 Å². The molecule has 0 unspecified atom stereocenters. The van der Waals surface area contributed by atoms with E-state index in [0.29, 0.717) is 21.8 Å². The Morgan fingerprint density at radius 2 is 2.27 bits per heavy atom. The minimum atomic E-state index is -0.331. The largest absolute Gasteiger partial charge is 0.334 e. The third-order valence-corrected chi connectivity index (χ3v) is 2.64. The van der Waals surface area contributed by atoms with Crippen LogP contribution >= 0.6 is 27.5 Å². The molecular weight excluding hydrogens is 286 g/mol. The van der Waals surface area contributed by atoms with Gasteiger partial charge in [-0.3, -0.25) is 0 Å². The maximum absolute atomic E-state index is 12.8. The maximum atomic E-state index is 12.8. The summed E-state index contributed by atoms with van der Waals surface area (Å²) < 4.78 is 18.3. The SMILES string of the molecule is Fc1ccc(-c2nc(CCl)no2)c(Br)c1. The lowest BCUT2D eigenvalue weighted by atomic mass is 10.2. The van der Waals surface area contributed by atoms with Gasteiger partial charge >= 0.3 is 0 Å². The summed E-state index contributed by atoms with van der Waals surface area (Å²) in [5.74, 6) is 0.575. The van der Waals surface area contributed by atoms with Crippen molar-refractivity contribution in [3.05, 3.63) is 34.3 Å². The van der Waals surface area contributed by atoms with Crippen molar-refractivity contribution in [1.82, 2.24) is 10.1 Å². The minimum Gasteiger partial charge on any atom is -0.334 e. The van der Waals surface area contributed by atoms with E-state index in [4.69, 9.17) is 16.1 Å². The molecule has 2 aromatic rings. The van der Waals surface area contributed by atoms with Crippen molar-refractivity contribution in [1.29, 1.82) is 0 Å². The van der Waals surface area contributed by atoms with Crippen molar-refractivity contribution < 1.29 is 8.91 Å². The Bertz CT molecular complexity index is 489. The molecule has 1 aromatic heterocycles. The molecular formula is C9H5BrClFN2O. The van der Waals surface area contributed by atoms with E-state index in [0.717, 1.165) is 0 Å². The number of aromatic nitrogens is 2. The quantitative estimate of drug-likeness (QED) is 0.796. The molecule has 0 fully saturated rings. The van der Waals surface area contributed by atoms with E-state index in [1.54, 1.807) is 6.07 Å². The number of nitrogens with zero attached hydrogens (tertiary/aromatic N) is 2. The van der Waals surface area contributed by atoms with E-state index in [-0.39, 0.29) is 11.7 Å². The molecule has 0 saturated heterocycles. The fourth-order valence-corrected chi connectivity index (χ4v) is 1.71. The molecule has 1 aromatic carbocycles. The van der Waals surface area contributed by atoms with Gasteiger partial charge in [0.1, 0.15) is 5.82 Å². The molecule has 0 bridgehead atoms. The van der Waals surface area contributed by atoms with Gasteiger partial charge in [0.15, 0.2) is 5.82 Å². The zero-order valence-corrected chi connectivity index (χ0v) is 9.72. The van der Waals surface area contributed by atoms with Crippen LogP contribution in [0.2, 0.25) is 0 Å². The van der Waals surface area contributed by atoms with E-state index in [2.05, 4.69) is 26.1 Å². The number of alkyl halides is 1. The zero-order chi connectivity index (χ0) is 10.8. The molecule has 0 amide bonds. The first kappa shape index (κ1) is 10.6. The van der Waals surface area contributed by atoms with Crippen molar-refractivity contribution in [2.75, 3.05) is 0 Å². The van der Waals surface area contributed by atoms with Gasteiger partial charge in [-0.15, -0.1) is 11.6 Å². The molecule has 0 spiro atoms. The first-order valence-electron chi connectivity index (χ1n) is 4.04. The molecule has 2 rings (SSSR count). The van der Waals surface area contributed by atoms with Crippen LogP contribution in [0.5, 0.6) is 0 Å². The highest BCUT2D eigenvalue weighted by molar-refractivity contribution is 9.10. The second-order valence-corrected chi connectivity index (χ2v) is 3.90. The molecule has 1 heterocycles. The van der Waals surface area contributed by atoms with Crippen LogP contribution in [0.25, 0.3) is 11.5 Å². The molecule has 6 heteroatoms. The second-order valence-electron chi connectivity index (χ2n) is 2.77. The average molecular weight is 292 g/mol. The Morgan fingerprint density at radius 3 is 2.87 bits per heavy atom. The highest BCUT2D eigenvalue weighted by atomic mass is 79.9.